The van der Waals surface area contributed by atoms with Crippen LogP contribution in [0.5, 0.6) is 0 Å². The lowest BCUT2D eigenvalue weighted by Gasteiger charge is -2.13. The molecular weight excluding hydrogens is 319 g/mol. The second-order valence-electron chi connectivity index (χ2n) is 4.82. The Labute approximate surface area is 134 Å². The largest absolute Gasteiger partial charge is 0.133 e. The van der Waals surface area contributed by atoms with Crippen molar-refractivity contribution in [2.24, 2.45) is 5.92 Å². The molecule has 4 heteroatoms. The molecule has 104 valence electrons. The quantitative estimate of drug-likeness (QED) is 0.450. The summed E-state index contributed by atoms with van der Waals surface area (Å²) in [5.74, 6) is 0.606. The Hall–Kier alpha value is 0.180. The third-order valence-corrected chi connectivity index (χ3v) is 5.23. The molecule has 0 aliphatic heterocycles. The smallest absolute Gasteiger partial charge is 0.128 e. The van der Waals surface area contributed by atoms with Gasteiger partial charge in [0, 0.05) is 4.90 Å². The van der Waals surface area contributed by atoms with Crippen LogP contribution >= 0.6 is 46.6 Å². The van der Waals surface area contributed by atoms with Gasteiger partial charge in [-0.3, -0.25) is 0 Å². The molecule has 0 saturated heterocycles. The van der Waals surface area contributed by atoms with Gasteiger partial charge < -0.3 is 0 Å². The molecule has 1 fully saturated rings. The number of rotatable bonds is 4. The molecule has 0 amide bonds. The second kappa shape index (κ2) is 7.26. The molecule has 1 saturated carbocycles. The summed E-state index contributed by atoms with van der Waals surface area (Å²) in [4.78, 5) is 0.572. The lowest BCUT2D eigenvalue weighted by atomic mass is 10.00. The van der Waals surface area contributed by atoms with Gasteiger partial charge in [0.05, 0.1) is 5.02 Å². The molecule has 0 heterocycles. The number of thioether (sulfide) groups is 1. The van der Waals surface area contributed by atoms with Crippen molar-refractivity contribution in [3.63, 3.8) is 0 Å². The summed E-state index contributed by atoms with van der Waals surface area (Å²) in [6.45, 7) is 0. The molecule has 0 bridgehead atoms. The zero-order valence-electron chi connectivity index (χ0n) is 10.8. The first-order valence-corrected chi connectivity index (χ1v) is 8.93. The maximum Gasteiger partial charge on any atom is 0.133 e. The van der Waals surface area contributed by atoms with E-state index in [9.17, 15) is 0 Å². The Bertz CT molecular complexity index is 462. The predicted octanol–water partition coefficient (Wildman–Crippen LogP) is 6.44. The van der Waals surface area contributed by atoms with E-state index < -0.39 is 4.84 Å². The van der Waals surface area contributed by atoms with E-state index in [-0.39, 0.29) is 0 Å². The number of alkyl halides is 2. The van der Waals surface area contributed by atoms with Gasteiger partial charge in [-0.15, -0.1) is 35.0 Å². The first kappa shape index (κ1) is 15.6. The van der Waals surface area contributed by atoms with E-state index in [2.05, 4.69) is 12.1 Å². The van der Waals surface area contributed by atoms with Gasteiger partial charge in [-0.2, -0.15) is 0 Å². The minimum Gasteiger partial charge on any atom is -0.128 e. The topological polar surface area (TPSA) is 0 Å². The molecule has 1 aliphatic carbocycles. The highest BCUT2D eigenvalue weighted by molar-refractivity contribution is 7.98. The first-order chi connectivity index (χ1) is 9.11. The van der Waals surface area contributed by atoms with Gasteiger partial charge in [0.1, 0.15) is 4.84 Å². The van der Waals surface area contributed by atoms with Crippen LogP contribution < -0.4 is 0 Å². The molecule has 1 aliphatic rings. The van der Waals surface area contributed by atoms with E-state index in [4.69, 9.17) is 34.8 Å². The summed E-state index contributed by atoms with van der Waals surface area (Å²) in [5, 5.41) is 0.760. The summed E-state index contributed by atoms with van der Waals surface area (Å²) in [5.41, 5.74) is 2.02. The maximum absolute atomic E-state index is 6.26. The van der Waals surface area contributed by atoms with E-state index in [0.29, 0.717) is 5.92 Å². The summed E-state index contributed by atoms with van der Waals surface area (Å²) < 4.78 is 0. The van der Waals surface area contributed by atoms with Gasteiger partial charge in [-0.1, -0.05) is 36.6 Å². The van der Waals surface area contributed by atoms with E-state index in [1.165, 1.54) is 25.7 Å². The van der Waals surface area contributed by atoms with Crippen LogP contribution in [-0.2, 0) is 0 Å². The maximum atomic E-state index is 6.26. The van der Waals surface area contributed by atoms with Gasteiger partial charge >= 0.3 is 0 Å². The summed E-state index contributed by atoms with van der Waals surface area (Å²) in [7, 11) is 0. The highest BCUT2D eigenvalue weighted by atomic mass is 35.5. The molecular formula is C15H17Cl3S. The summed E-state index contributed by atoms with van der Waals surface area (Å²) in [6.07, 6.45) is 9.33. The Kier molecular flexibility index (Phi) is 5.95. The van der Waals surface area contributed by atoms with E-state index >= 15 is 0 Å². The average molecular weight is 336 g/mol. The van der Waals surface area contributed by atoms with Gasteiger partial charge in [0.15, 0.2) is 0 Å². The average Bonchev–Trinajstić information content (AvgIpc) is 2.88. The molecule has 19 heavy (non-hydrogen) atoms. The van der Waals surface area contributed by atoms with Crippen molar-refractivity contribution < 1.29 is 0 Å². The fourth-order valence-corrected chi connectivity index (χ4v) is 3.79. The second-order valence-corrected chi connectivity index (χ2v) is 7.17. The minimum absolute atomic E-state index is 0.503. The number of benzene rings is 1. The summed E-state index contributed by atoms with van der Waals surface area (Å²) >= 11 is 20.2. The van der Waals surface area contributed by atoms with Crippen molar-refractivity contribution in [2.75, 3.05) is 6.26 Å². The number of hydrogen-bond acceptors (Lipinski definition) is 1. The fraction of sp³-hybridized carbons (Fsp3) is 0.467. The molecule has 1 aromatic rings. The Balaban J connectivity index is 2.30. The van der Waals surface area contributed by atoms with Gasteiger partial charge in [0.2, 0.25) is 0 Å². The molecule has 0 aromatic heterocycles. The Morgan fingerprint density at radius 1 is 1.32 bits per heavy atom. The molecule has 1 aromatic carbocycles. The first-order valence-electron chi connectivity index (χ1n) is 6.45. The molecule has 0 nitrogen and oxygen atoms in total. The number of hydrogen-bond donors (Lipinski definition) is 0. The molecule has 2 rings (SSSR count). The Morgan fingerprint density at radius 2 is 2.00 bits per heavy atom. The van der Waals surface area contributed by atoms with Gasteiger partial charge in [-0.25, -0.2) is 0 Å². The molecule has 0 N–H and O–H groups in total. The highest BCUT2D eigenvalue weighted by Gasteiger charge is 2.18. The Morgan fingerprint density at radius 3 is 2.53 bits per heavy atom. The lowest BCUT2D eigenvalue weighted by molar-refractivity contribution is 0.687. The normalized spacial score (nSPS) is 17.4. The minimum atomic E-state index is -0.503. The van der Waals surface area contributed by atoms with Crippen LogP contribution in [-0.4, -0.2) is 11.1 Å². The molecule has 0 atom stereocenters. The van der Waals surface area contributed by atoms with Crippen LogP contribution in [0.2, 0.25) is 5.02 Å². The monoisotopic (exact) mass is 334 g/mol. The lowest BCUT2D eigenvalue weighted by Crippen LogP contribution is -1.98. The number of allylic oxidation sites excluding steroid dienone is 2. The van der Waals surface area contributed by atoms with Gasteiger partial charge in [-0.05, 0) is 48.3 Å². The van der Waals surface area contributed by atoms with E-state index in [1.807, 2.05) is 18.4 Å². The summed E-state index contributed by atoms with van der Waals surface area (Å²) in [6, 6.07) is 6.04. The van der Waals surface area contributed by atoms with Crippen LogP contribution in [0.25, 0.3) is 5.57 Å². The van der Waals surface area contributed by atoms with Gasteiger partial charge in [0.25, 0.3) is 0 Å². The van der Waals surface area contributed by atoms with Crippen LogP contribution in [0.15, 0.2) is 29.2 Å². The third-order valence-electron chi connectivity index (χ3n) is 3.54. The van der Waals surface area contributed by atoms with E-state index in [1.54, 1.807) is 11.8 Å². The van der Waals surface area contributed by atoms with Crippen molar-refractivity contribution >= 4 is 52.1 Å². The highest BCUT2D eigenvalue weighted by Crippen LogP contribution is 2.35. The standard InChI is InChI=1S/C15H17Cl3S/c1-19-14-7-6-11(9-13(14)16)12(15(17)18)8-10-4-2-3-5-10/h6-10,15H,2-5H2,1H3/b12-8+. The molecule has 0 spiro atoms. The molecule has 0 unspecified atom stereocenters. The number of halogens is 3. The zero-order chi connectivity index (χ0) is 13.8. The van der Waals surface area contributed by atoms with Crippen LogP contribution in [0.1, 0.15) is 31.2 Å². The van der Waals surface area contributed by atoms with Crippen LogP contribution in [0, 0.1) is 5.92 Å². The zero-order valence-corrected chi connectivity index (χ0v) is 13.9. The fourth-order valence-electron chi connectivity index (χ4n) is 2.52. The SMILES string of the molecule is CSc1ccc(/C(=C\C2CCCC2)C(Cl)Cl)cc1Cl. The van der Waals surface area contributed by atoms with Crippen molar-refractivity contribution in [3.8, 4) is 0 Å². The predicted molar refractivity (Wildman–Crippen MR) is 88.7 cm³/mol. The van der Waals surface area contributed by atoms with Crippen molar-refractivity contribution in [2.45, 2.75) is 35.4 Å². The van der Waals surface area contributed by atoms with E-state index in [0.717, 1.165) is 21.1 Å². The third kappa shape index (κ3) is 4.07. The molecule has 0 radical (unpaired) electrons. The van der Waals surface area contributed by atoms with Crippen LogP contribution in [0.4, 0.5) is 0 Å². The van der Waals surface area contributed by atoms with Crippen molar-refractivity contribution in [1.29, 1.82) is 0 Å². The van der Waals surface area contributed by atoms with Crippen molar-refractivity contribution in [3.05, 3.63) is 34.9 Å². The van der Waals surface area contributed by atoms with Crippen LogP contribution in [0.3, 0.4) is 0 Å². The van der Waals surface area contributed by atoms with Crippen molar-refractivity contribution in [1.82, 2.24) is 0 Å².